The van der Waals surface area contributed by atoms with Crippen LogP contribution < -0.4 is 11.1 Å². The summed E-state index contributed by atoms with van der Waals surface area (Å²) in [6, 6.07) is 12.0. The number of fused-ring (bicyclic) bond motifs is 1. The number of carbonyl (C=O) groups excluding carboxylic acids is 1. The number of rotatable bonds is 5. The summed E-state index contributed by atoms with van der Waals surface area (Å²) in [5.41, 5.74) is 7.01. The number of amides is 1. The maximum Gasteiger partial charge on any atom is 0.409 e. The van der Waals surface area contributed by atoms with E-state index in [9.17, 15) is 4.79 Å². The number of guanidine groups is 1. The van der Waals surface area contributed by atoms with Gasteiger partial charge in [0.25, 0.3) is 0 Å². The first-order valence-corrected chi connectivity index (χ1v) is 10.9. The lowest BCUT2D eigenvalue weighted by atomic mass is 10.1. The third-order valence-electron chi connectivity index (χ3n) is 4.94. The lowest BCUT2D eigenvalue weighted by molar-refractivity contribution is 0.0963. The molecular weight excluding hydrogens is 402 g/mol. The molecule has 1 aliphatic rings. The molecule has 8 nitrogen and oxygen atoms in total. The van der Waals surface area contributed by atoms with E-state index in [4.69, 9.17) is 14.9 Å². The predicted octanol–water partition coefficient (Wildman–Crippen LogP) is 3.58. The van der Waals surface area contributed by atoms with Gasteiger partial charge in [-0.25, -0.2) is 14.8 Å². The number of nitrogens with two attached hydrogens (primary N) is 1. The van der Waals surface area contributed by atoms with Gasteiger partial charge >= 0.3 is 6.09 Å². The number of carbonyl (C=O) groups is 1. The van der Waals surface area contributed by atoms with E-state index in [-0.39, 0.29) is 12.1 Å². The van der Waals surface area contributed by atoms with E-state index in [0.29, 0.717) is 32.2 Å². The van der Waals surface area contributed by atoms with Gasteiger partial charge in [0.05, 0.1) is 16.8 Å². The second-order valence-electron chi connectivity index (χ2n) is 7.06. The second-order valence-corrected chi connectivity index (χ2v) is 8.09. The first-order valence-electron chi connectivity index (χ1n) is 10.0. The third-order valence-corrected chi connectivity index (χ3v) is 6.00. The van der Waals surface area contributed by atoms with Gasteiger partial charge < -0.3 is 25.1 Å². The Balaban J connectivity index is 1.29. The monoisotopic (exact) mass is 427 g/mol. The highest BCUT2D eigenvalue weighted by atomic mass is 32.1. The van der Waals surface area contributed by atoms with Crippen LogP contribution in [0.3, 0.4) is 0 Å². The summed E-state index contributed by atoms with van der Waals surface area (Å²) >= 11 is 1.60. The molecule has 3 aromatic rings. The lowest BCUT2D eigenvalue weighted by Gasteiger charge is -2.31. The van der Waals surface area contributed by atoms with E-state index in [1.165, 1.54) is 0 Å². The molecule has 1 aliphatic heterocycles. The minimum atomic E-state index is -0.251. The van der Waals surface area contributed by atoms with Crippen LogP contribution in [0.2, 0.25) is 0 Å². The molecule has 1 amide bonds. The molecule has 9 heteroatoms. The standard InChI is InChI=1S/C21H25N5O3S/c1-2-28-21(27)26-11-9-14(10-12-26)24-20(22)23-13-15-7-8-17(29-15)19-25-16-5-3-4-6-18(16)30-19/h3-8,14H,2,9-13H2,1H3,(H3,22,23,24). The molecule has 1 fully saturated rings. The Bertz CT molecular complexity index is 1000. The third kappa shape index (κ3) is 4.73. The summed E-state index contributed by atoms with van der Waals surface area (Å²) in [6.07, 6.45) is 1.36. The van der Waals surface area contributed by atoms with E-state index >= 15 is 0 Å². The number of hydrogen-bond acceptors (Lipinski definition) is 6. The highest BCUT2D eigenvalue weighted by molar-refractivity contribution is 7.21. The highest BCUT2D eigenvalue weighted by Crippen LogP contribution is 2.31. The quantitative estimate of drug-likeness (QED) is 0.476. The van der Waals surface area contributed by atoms with Crippen LogP contribution in [0.1, 0.15) is 25.5 Å². The van der Waals surface area contributed by atoms with Gasteiger partial charge in [-0.05, 0) is 44.0 Å². The Morgan fingerprint density at radius 2 is 2.13 bits per heavy atom. The van der Waals surface area contributed by atoms with Crippen LogP contribution in [0.15, 0.2) is 45.8 Å². The molecule has 0 saturated carbocycles. The second kappa shape index (κ2) is 9.17. The van der Waals surface area contributed by atoms with Crippen LogP contribution >= 0.6 is 11.3 Å². The lowest BCUT2D eigenvalue weighted by Crippen LogP contribution is -2.48. The predicted molar refractivity (Wildman–Crippen MR) is 117 cm³/mol. The molecule has 4 rings (SSSR count). The Kier molecular flexibility index (Phi) is 6.18. The van der Waals surface area contributed by atoms with Crippen molar-refractivity contribution in [3.63, 3.8) is 0 Å². The molecule has 30 heavy (non-hydrogen) atoms. The van der Waals surface area contributed by atoms with Gasteiger partial charge in [-0.15, -0.1) is 11.3 Å². The van der Waals surface area contributed by atoms with E-state index in [2.05, 4.69) is 15.3 Å². The topological polar surface area (TPSA) is 106 Å². The number of nitrogens with one attached hydrogen (secondary N) is 1. The van der Waals surface area contributed by atoms with Gasteiger partial charge in [0.15, 0.2) is 16.7 Å². The molecule has 2 aromatic heterocycles. The Morgan fingerprint density at radius 3 is 2.90 bits per heavy atom. The first kappa shape index (κ1) is 20.2. The van der Waals surface area contributed by atoms with Crippen molar-refractivity contribution in [2.75, 3.05) is 19.7 Å². The minimum Gasteiger partial charge on any atom is -0.457 e. The molecule has 0 spiro atoms. The molecule has 0 unspecified atom stereocenters. The number of ether oxygens (including phenoxy) is 1. The minimum absolute atomic E-state index is 0.189. The van der Waals surface area contributed by atoms with Crippen LogP contribution in [-0.4, -0.2) is 47.7 Å². The maximum atomic E-state index is 11.8. The molecule has 0 aliphatic carbocycles. The van der Waals surface area contributed by atoms with Crippen molar-refractivity contribution in [2.45, 2.75) is 32.4 Å². The fourth-order valence-corrected chi connectivity index (χ4v) is 4.32. The number of hydrogen-bond donors (Lipinski definition) is 2. The number of aromatic nitrogens is 1. The normalized spacial score (nSPS) is 15.5. The van der Waals surface area contributed by atoms with Crippen LogP contribution in [0, 0.1) is 0 Å². The maximum absolute atomic E-state index is 11.8. The zero-order chi connectivity index (χ0) is 20.9. The van der Waals surface area contributed by atoms with Crippen LogP contribution in [-0.2, 0) is 11.3 Å². The smallest absolute Gasteiger partial charge is 0.409 e. The molecule has 3 N–H and O–H groups in total. The number of benzene rings is 1. The Hall–Kier alpha value is -3.07. The summed E-state index contributed by atoms with van der Waals surface area (Å²) in [4.78, 5) is 22.5. The van der Waals surface area contributed by atoms with E-state index in [0.717, 1.165) is 39.6 Å². The zero-order valence-corrected chi connectivity index (χ0v) is 17.7. The van der Waals surface area contributed by atoms with Gasteiger partial charge in [0, 0.05) is 19.1 Å². The Morgan fingerprint density at radius 1 is 1.33 bits per heavy atom. The average Bonchev–Trinajstić information content (AvgIpc) is 3.40. The molecule has 0 bridgehead atoms. The largest absolute Gasteiger partial charge is 0.457 e. The van der Waals surface area contributed by atoms with Crippen molar-refractivity contribution in [1.29, 1.82) is 0 Å². The van der Waals surface area contributed by atoms with Crippen molar-refractivity contribution in [2.24, 2.45) is 10.7 Å². The molecule has 0 radical (unpaired) electrons. The molecule has 158 valence electrons. The van der Waals surface area contributed by atoms with Crippen LogP contribution in [0.5, 0.6) is 0 Å². The number of thiazole rings is 1. The van der Waals surface area contributed by atoms with E-state index in [1.807, 2.05) is 43.3 Å². The van der Waals surface area contributed by atoms with Gasteiger partial charge in [-0.1, -0.05) is 12.1 Å². The molecule has 3 heterocycles. The summed E-state index contributed by atoms with van der Waals surface area (Å²) < 4.78 is 12.1. The molecule has 0 atom stereocenters. The van der Waals surface area contributed by atoms with Crippen molar-refractivity contribution >= 4 is 33.6 Å². The Labute approximate surface area is 178 Å². The fraction of sp³-hybridized carbons (Fsp3) is 0.381. The van der Waals surface area contributed by atoms with E-state index < -0.39 is 0 Å². The summed E-state index contributed by atoms with van der Waals surface area (Å²) in [7, 11) is 0. The summed E-state index contributed by atoms with van der Waals surface area (Å²) in [5.74, 6) is 1.84. The number of aliphatic imine (C=N–C) groups is 1. The highest BCUT2D eigenvalue weighted by Gasteiger charge is 2.23. The van der Waals surface area contributed by atoms with Gasteiger partial charge in [-0.3, -0.25) is 0 Å². The fourth-order valence-electron chi connectivity index (χ4n) is 3.39. The van der Waals surface area contributed by atoms with Crippen molar-refractivity contribution < 1.29 is 13.9 Å². The van der Waals surface area contributed by atoms with E-state index in [1.54, 1.807) is 16.2 Å². The van der Waals surface area contributed by atoms with Gasteiger partial charge in [-0.2, -0.15) is 0 Å². The number of nitrogens with zero attached hydrogens (tertiary/aromatic N) is 3. The van der Waals surface area contributed by atoms with Crippen molar-refractivity contribution in [3.8, 4) is 10.8 Å². The van der Waals surface area contributed by atoms with Crippen LogP contribution in [0.4, 0.5) is 4.79 Å². The molecular formula is C21H25N5O3S. The summed E-state index contributed by atoms with van der Waals surface area (Å²) in [6.45, 7) is 3.85. The van der Waals surface area contributed by atoms with Gasteiger partial charge in [0.1, 0.15) is 12.3 Å². The average molecular weight is 428 g/mol. The van der Waals surface area contributed by atoms with Crippen molar-refractivity contribution in [1.82, 2.24) is 15.2 Å². The van der Waals surface area contributed by atoms with Gasteiger partial charge in [0.2, 0.25) is 0 Å². The first-order chi connectivity index (χ1) is 14.6. The molecule has 1 aromatic carbocycles. The number of piperidine rings is 1. The summed E-state index contributed by atoms with van der Waals surface area (Å²) in [5, 5.41) is 4.09. The van der Waals surface area contributed by atoms with Crippen molar-refractivity contribution in [3.05, 3.63) is 42.2 Å². The van der Waals surface area contributed by atoms with Crippen LogP contribution in [0.25, 0.3) is 21.0 Å². The SMILES string of the molecule is CCOC(=O)N1CCC(NC(N)=NCc2ccc(-c3nc4ccccc4s3)o2)CC1. The number of likely N-dealkylation sites (tertiary alicyclic amines) is 1. The molecule has 1 saturated heterocycles. The number of furan rings is 1. The number of para-hydroxylation sites is 1. The zero-order valence-electron chi connectivity index (χ0n) is 16.8.